The van der Waals surface area contributed by atoms with Crippen LogP contribution in [0.5, 0.6) is 5.75 Å². The topological polar surface area (TPSA) is 69.0 Å². The number of fused-ring (bicyclic) bond motifs is 1. The third-order valence-corrected chi connectivity index (χ3v) is 4.76. The van der Waals surface area contributed by atoms with Crippen molar-refractivity contribution in [1.29, 1.82) is 0 Å². The Hall–Kier alpha value is -2.57. The summed E-state index contributed by atoms with van der Waals surface area (Å²) in [4.78, 5) is 15.9. The van der Waals surface area contributed by atoms with E-state index in [1.54, 1.807) is 16.8 Å². The summed E-state index contributed by atoms with van der Waals surface area (Å²) in [5, 5.41) is 8.06. The molecule has 3 aromatic rings. The lowest BCUT2D eigenvalue weighted by atomic mass is 10.0. The minimum atomic E-state index is -0.180. The zero-order valence-corrected chi connectivity index (χ0v) is 15.0. The molecule has 0 aliphatic carbocycles. The Balaban J connectivity index is 1.48. The standard InChI is InChI=1S/C18H14Cl2N4O2/c19-13-4-1-12(15(20)7-13)9-26-14-5-2-11(3-6-14)16-8-17(25)23-18-21-10-22-24(16)18/h1-7,10,16H,8-9H2,(H,21,22,23,25). The van der Waals surface area contributed by atoms with Gasteiger partial charge in [0.1, 0.15) is 18.7 Å². The summed E-state index contributed by atoms with van der Waals surface area (Å²) in [6, 6.07) is 12.7. The molecule has 0 spiro atoms. The van der Waals surface area contributed by atoms with Gasteiger partial charge in [0, 0.05) is 15.6 Å². The molecule has 26 heavy (non-hydrogen) atoms. The number of hydrogen-bond donors (Lipinski definition) is 1. The summed E-state index contributed by atoms with van der Waals surface area (Å²) in [6.07, 6.45) is 1.75. The number of nitrogens with one attached hydrogen (secondary N) is 1. The number of halogens is 2. The van der Waals surface area contributed by atoms with Crippen molar-refractivity contribution in [3.8, 4) is 5.75 Å². The van der Waals surface area contributed by atoms with Crippen LogP contribution < -0.4 is 10.1 Å². The Labute approximate surface area is 159 Å². The molecule has 2 aromatic carbocycles. The van der Waals surface area contributed by atoms with Crippen molar-refractivity contribution >= 4 is 35.1 Å². The van der Waals surface area contributed by atoms with Crippen molar-refractivity contribution in [2.75, 3.05) is 5.32 Å². The van der Waals surface area contributed by atoms with E-state index in [9.17, 15) is 4.79 Å². The first-order valence-electron chi connectivity index (χ1n) is 7.96. The smallest absolute Gasteiger partial charge is 0.229 e. The van der Waals surface area contributed by atoms with Gasteiger partial charge < -0.3 is 4.74 Å². The molecule has 8 heteroatoms. The highest BCUT2D eigenvalue weighted by Crippen LogP contribution is 2.29. The molecule has 0 saturated heterocycles. The molecular formula is C18H14Cl2N4O2. The number of nitrogens with zero attached hydrogens (tertiary/aromatic N) is 3. The number of aromatic nitrogens is 3. The van der Waals surface area contributed by atoms with Gasteiger partial charge in [-0.25, -0.2) is 4.68 Å². The summed E-state index contributed by atoms with van der Waals surface area (Å²) in [6.45, 7) is 0.342. The fourth-order valence-electron chi connectivity index (χ4n) is 2.85. The third kappa shape index (κ3) is 3.38. The molecular weight excluding hydrogens is 375 g/mol. The van der Waals surface area contributed by atoms with Gasteiger partial charge in [0.15, 0.2) is 0 Å². The van der Waals surface area contributed by atoms with Crippen LogP contribution in [0.3, 0.4) is 0 Å². The number of amides is 1. The van der Waals surface area contributed by atoms with E-state index in [4.69, 9.17) is 27.9 Å². The maximum absolute atomic E-state index is 11.9. The van der Waals surface area contributed by atoms with Crippen LogP contribution in [0.2, 0.25) is 10.0 Å². The lowest BCUT2D eigenvalue weighted by Gasteiger charge is -2.23. The second-order valence-corrected chi connectivity index (χ2v) is 6.73. The zero-order valence-electron chi connectivity index (χ0n) is 13.5. The molecule has 0 saturated carbocycles. The van der Waals surface area contributed by atoms with E-state index < -0.39 is 0 Å². The maximum Gasteiger partial charge on any atom is 0.229 e. The highest BCUT2D eigenvalue weighted by molar-refractivity contribution is 6.35. The lowest BCUT2D eigenvalue weighted by Crippen LogP contribution is -2.29. The van der Waals surface area contributed by atoms with Gasteiger partial charge >= 0.3 is 0 Å². The van der Waals surface area contributed by atoms with Crippen LogP contribution in [0.4, 0.5) is 5.95 Å². The summed E-state index contributed by atoms with van der Waals surface area (Å²) in [5.41, 5.74) is 1.82. The van der Waals surface area contributed by atoms with Gasteiger partial charge in [-0.15, -0.1) is 0 Å². The number of anilines is 1. The number of hydrogen-bond acceptors (Lipinski definition) is 4. The van der Waals surface area contributed by atoms with Crippen LogP contribution in [0, 0.1) is 0 Å². The zero-order chi connectivity index (χ0) is 18.1. The highest BCUT2D eigenvalue weighted by Gasteiger charge is 2.27. The predicted molar refractivity (Wildman–Crippen MR) is 98.6 cm³/mol. The first-order chi connectivity index (χ1) is 12.6. The average molecular weight is 389 g/mol. The van der Waals surface area contributed by atoms with Gasteiger partial charge in [-0.2, -0.15) is 10.1 Å². The molecule has 4 rings (SSSR count). The molecule has 2 heterocycles. The van der Waals surface area contributed by atoms with Crippen molar-refractivity contribution in [3.63, 3.8) is 0 Å². The second-order valence-electron chi connectivity index (χ2n) is 5.89. The normalized spacial score (nSPS) is 16.1. The quantitative estimate of drug-likeness (QED) is 0.730. The Bertz CT molecular complexity index is 956. The predicted octanol–water partition coefficient (Wildman–Crippen LogP) is 4.10. The number of rotatable bonds is 4. The van der Waals surface area contributed by atoms with E-state index in [0.29, 0.717) is 34.8 Å². The van der Waals surface area contributed by atoms with Gasteiger partial charge in [-0.1, -0.05) is 41.4 Å². The first-order valence-corrected chi connectivity index (χ1v) is 8.72. The van der Waals surface area contributed by atoms with Crippen molar-refractivity contribution in [1.82, 2.24) is 14.8 Å². The fraction of sp³-hybridized carbons (Fsp3) is 0.167. The number of carbonyl (C=O) groups excluding carboxylic acids is 1. The van der Waals surface area contributed by atoms with E-state index >= 15 is 0 Å². The van der Waals surface area contributed by atoms with Crippen molar-refractivity contribution in [3.05, 3.63) is 70.0 Å². The van der Waals surface area contributed by atoms with Gasteiger partial charge in [-0.3, -0.25) is 10.1 Å². The first kappa shape index (κ1) is 16.9. The molecule has 0 bridgehead atoms. The molecule has 1 N–H and O–H groups in total. The van der Waals surface area contributed by atoms with E-state index in [0.717, 1.165) is 11.1 Å². The minimum Gasteiger partial charge on any atom is -0.489 e. The summed E-state index contributed by atoms with van der Waals surface area (Å²) in [7, 11) is 0. The largest absolute Gasteiger partial charge is 0.489 e. The Kier molecular flexibility index (Phi) is 4.53. The van der Waals surface area contributed by atoms with E-state index in [-0.39, 0.29) is 11.9 Å². The number of benzene rings is 2. The van der Waals surface area contributed by atoms with Crippen molar-refractivity contribution in [2.45, 2.75) is 19.1 Å². The Morgan fingerprint density at radius 1 is 1.19 bits per heavy atom. The van der Waals surface area contributed by atoms with Gasteiger partial charge in [0.25, 0.3) is 0 Å². The molecule has 1 amide bonds. The average Bonchev–Trinajstić information content (AvgIpc) is 3.09. The summed E-state index contributed by atoms with van der Waals surface area (Å²) >= 11 is 12.1. The van der Waals surface area contributed by atoms with Crippen LogP contribution in [0.25, 0.3) is 0 Å². The number of ether oxygens (including phenoxy) is 1. The summed E-state index contributed by atoms with van der Waals surface area (Å²) in [5.74, 6) is 1.09. The van der Waals surface area contributed by atoms with Crippen molar-refractivity contribution in [2.24, 2.45) is 0 Å². The van der Waals surface area contributed by atoms with Crippen LogP contribution in [0.15, 0.2) is 48.8 Å². The maximum atomic E-state index is 11.9. The second kappa shape index (κ2) is 6.97. The SMILES string of the molecule is O=C1CC(c2ccc(OCc3ccc(Cl)cc3Cl)cc2)n2ncnc2N1. The van der Waals surface area contributed by atoms with Gasteiger partial charge in [0.05, 0.1) is 12.5 Å². The van der Waals surface area contributed by atoms with Gasteiger partial charge in [0.2, 0.25) is 11.9 Å². The molecule has 1 aliphatic rings. The Morgan fingerprint density at radius 3 is 2.77 bits per heavy atom. The van der Waals surface area contributed by atoms with E-state index in [1.807, 2.05) is 30.3 Å². The summed E-state index contributed by atoms with van der Waals surface area (Å²) < 4.78 is 7.50. The van der Waals surface area contributed by atoms with E-state index in [1.165, 1.54) is 6.33 Å². The molecule has 1 atom stereocenters. The van der Waals surface area contributed by atoms with Crippen LogP contribution >= 0.6 is 23.2 Å². The minimum absolute atomic E-state index is 0.0757. The molecule has 0 fully saturated rings. The van der Waals surface area contributed by atoms with Gasteiger partial charge in [-0.05, 0) is 29.8 Å². The monoisotopic (exact) mass is 388 g/mol. The molecule has 1 aromatic heterocycles. The molecule has 0 radical (unpaired) electrons. The van der Waals surface area contributed by atoms with E-state index in [2.05, 4.69) is 15.4 Å². The lowest BCUT2D eigenvalue weighted by molar-refractivity contribution is -0.117. The highest BCUT2D eigenvalue weighted by atomic mass is 35.5. The molecule has 1 aliphatic heterocycles. The molecule has 1 unspecified atom stereocenters. The van der Waals surface area contributed by atoms with Crippen LogP contribution in [0.1, 0.15) is 23.6 Å². The molecule has 6 nitrogen and oxygen atoms in total. The fourth-order valence-corrected chi connectivity index (χ4v) is 3.31. The van der Waals surface area contributed by atoms with Crippen molar-refractivity contribution < 1.29 is 9.53 Å². The molecule has 132 valence electrons. The Morgan fingerprint density at radius 2 is 2.00 bits per heavy atom. The van der Waals surface area contributed by atoms with Crippen LogP contribution in [-0.4, -0.2) is 20.7 Å². The third-order valence-electron chi connectivity index (χ3n) is 4.17. The van der Waals surface area contributed by atoms with Crippen LogP contribution in [-0.2, 0) is 11.4 Å². The number of carbonyl (C=O) groups is 1.